The summed E-state index contributed by atoms with van der Waals surface area (Å²) in [6.45, 7) is 9.61. The second kappa shape index (κ2) is 6.97. The SMILES string of the molecule is CNc1nc2ccccc2nc1N1CCN(C(=O)OC(C)(C)C)C[C@@H]1C. The van der Waals surface area contributed by atoms with E-state index in [1.165, 1.54) is 0 Å². The van der Waals surface area contributed by atoms with Crippen LogP contribution < -0.4 is 10.2 Å². The summed E-state index contributed by atoms with van der Waals surface area (Å²) in [5.41, 5.74) is 1.24. The predicted octanol–water partition coefficient (Wildman–Crippen LogP) is 3.12. The molecule has 0 spiro atoms. The maximum atomic E-state index is 12.3. The van der Waals surface area contributed by atoms with Gasteiger partial charge in [0.2, 0.25) is 0 Å². The lowest BCUT2D eigenvalue weighted by atomic mass is 10.2. The predicted molar refractivity (Wildman–Crippen MR) is 104 cm³/mol. The van der Waals surface area contributed by atoms with Crippen molar-refractivity contribution in [3.05, 3.63) is 24.3 Å². The largest absolute Gasteiger partial charge is 0.444 e. The minimum Gasteiger partial charge on any atom is -0.444 e. The molecule has 1 N–H and O–H groups in total. The van der Waals surface area contributed by atoms with Crippen molar-refractivity contribution in [2.75, 3.05) is 36.9 Å². The molecule has 1 aromatic heterocycles. The molecule has 26 heavy (non-hydrogen) atoms. The number of carbonyl (C=O) groups excluding carboxylic acids is 1. The first-order valence-corrected chi connectivity index (χ1v) is 8.97. The van der Waals surface area contributed by atoms with Gasteiger partial charge in [-0.3, -0.25) is 0 Å². The van der Waals surface area contributed by atoms with Crippen LogP contribution in [0.15, 0.2) is 24.3 Å². The number of rotatable bonds is 2. The number of nitrogens with zero attached hydrogens (tertiary/aromatic N) is 4. The zero-order valence-corrected chi connectivity index (χ0v) is 16.1. The summed E-state index contributed by atoms with van der Waals surface area (Å²) in [4.78, 5) is 25.8. The van der Waals surface area contributed by atoms with Crippen LogP contribution in [-0.2, 0) is 4.74 Å². The number of aromatic nitrogens is 2. The number of piperazine rings is 1. The summed E-state index contributed by atoms with van der Waals surface area (Å²) in [5.74, 6) is 1.57. The van der Waals surface area contributed by atoms with Gasteiger partial charge >= 0.3 is 6.09 Å². The van der Waals surface area contributed by atoms with Crippen LogP contribution in [0.3, 0.4) is 0 Å². The van der Waals surface area contributed by atoms with Gasteiger partial charge in [-0.25, -0.2) is 14.8 Å². The van der Waals surface area contributed by atoms with Gasteiger partial charge < -0.3 is 19.9 Å². The van der Waals surface area contributed by atoms with Crippen molar-refractivity contribution in [2.45, 2.75) is 39.3 Å². The topological polar surface area (TPSA) is 70.6 Å². The lowest BCUT2D eigenvalue weighted by Gasteiger charge is -2.41. The van der Waals surface area contributed by atoms with E-state index >= 15 is 0 Å². The van der Waals surface area contributed by atoms with Gasteiger partial charge in [-0.15, -0.1) is 0 Å². The molecule has 7 nitrogen and oxygen atoms in total. The number of para-hydroxylation sites is 2. The van der Waals surface area contributed by atoms with E-state index in [1.807, 2.05) is 52.1 Å². The fourth-order valence-corrected chi connectivity index (χ4v) is 3.12. The molecule has 0 bridgehead atoms. The number of carbonyl (C=O) groups is 1. The van der Waals surface area contributed by atoms with Gasteiger partial charge in [-0.05, 0) is 39.8 Å². The number of anilines is 2. The molecule has 1 saturated heterocycles. The molecule has 1 aliphatic heterocycles. The van der Waals surface area contributed by atoms with Crippen LogP contribution in [0.4, 0.5) is 16.4 Å². The normalized spacial score (nSPS) is 18.1. The van der Waals surface area contributed by atoms with Crippen molar-refractivity contribution in [2.24, 2.45) is 0 Å². The Hall–Kier alpha value is -2.57. The Labute approximate surface area is 154 Å². The van der Waals surface area contributed by atoms with Gasteiger partial charge in [0.15, 0.2) is 11.6 Å². The molecule has 2 aromatic rings. The number of hydrogen-bond acceptors (Lipinski definition) is 6. The molecule has 1 atom stereocenters. The van der Waals surface area contributed by atoms with Crippen molar-refractivity contribution < 1.29 is 9.53 Å². The molecular weight excluding hydrogens is 330 g/mol. The summed E-state index contributed by atoms with van der Waals surface area (Å²) in [6, 6.07) is 7.95. The van der Waals surface area contributed by atoms with Crippen LogP contribution >= 0.6 is 0 Å². The molecule has 1 fully saturated rings. The maximum absolute atomic E-state index is 12.3. The number of hydrogen-bond donors (Lipinski definition) is 1. The molecule has 0 unspecified atom stereocenters. The zero-order chi connectivity index (χ0) is 18.9. The lowest BCUT2D eigenvalue weighted by molar-refractivity contribution is 0.0218. The first kappa shape index (κ1) is 18.2. The van der Waals surface area contributed by atoms with Crippen LogP contribution in [-0.4, -0.2) is 59.3 Å². The molecule has 140 valence electrons. The van der Waals surface area contributed by atoms with E-state index in [1.54, 1.807) is 4.90 Å². The monoisotopic (exact) mass is 357 g/mol. The number of fused-ring (bicyclic) bond motifs is 1. The van der Waals surface area contributed by atoms with Crippen LogP contribution in [0.2, 0.25) is 0 Å². The average molecular weight is 357 g/mol. The first-order chi connectivity index (χ1) is 12.3. The lowest BCUT2D eigenvalue weighted by Crippen LogP contribution is -2.55. The highest BCUT2D eigenvalue weighted by Gasteiger charge is 2.31. The molecule has 1 aromatic carbocycles. The molecule has 7 heteroatoms. The minimum atomic E-state index is -0.486. The summed E-state index contributed by atoms with van der Waals surface area (Å²) >= 11 is 0. The molecule has 1 amide bonds. The van der Waals surface area contributed by atoms with E-state index < -0.39 is 5.60 Å². The second-order valence-electron chi connectivity index (χ2n) is 7.60. The van der Waals surface area contributed by atoms with Crippen molar-refractivity contribution in [1.29, 1.82) is 0 Å². The maximum Gasteiger partial charge on any atom is 0.410 e. The Kier molecular flexibility index (Phi) is 4.89. The molecular formula is C19H27N5O2. The molecule has 3 rings (SSSR count). The van der Waals surface area contributed by atoms with Gasteiger partial charge in [0.25, 0.3) is 0 Å². The second-order valence-corrected chi connectivity index (χ2v) is 7.60. The third kappa shape index (κ3) is 3.81. The Morgan fingerprint density at radius 3 is 2.42 bits per heavy atom. The summed E-state index contributed by atoms with van der Waals surface area (Å²) in [7, 11) is 1.85. The van der Waals surface area contributed by atoms with Gasteiger partial charge in [0.05, 0.1) is 11.0 Å². The standard InChI is InChI=1S/C19H27N5O2/c1-13-12-23(18(25)26-19(2,3)4)10-11-24(13)17-16(20-5)21-14-8-6-7-9-15(14)22-17/h6-9,13H,10-12H2,1-5H3,(H,20,21)/t13-/m0/s1. The van der Waals surface area contributed by atoms with Gasteiger partial charge in [-0.2, -0.15) is 0 Å². The van der Waals surface area contributed by atoms with Gasteiger partial charge in [0, 0.05) is 32.7 Å². The van der Waals surface area contributed by atoms with Crippen molar-refractivity contribution in [1.82, 2.24) is 14.9 Å². The molecule has 0 aliphatic carbocycles. The van der Waals surface area contributed by atoms with Crippen LogP contribution in [0.1, 0.15) is 27.7 Å². The Balaban J connectivity index is 1.81. The highest BCUT2D eigenvalue weighted by molar-refractivity contribution is 5.80. The van der Waals surface area contributed by atoms with Crippen LogP contribution in [0.5, 0.6) is 0 Å². The molecule has 1 aliphatic rings. The van der Waals surface area contributed by atoms with Crippen molar-refractivity contribution in [3.8, 4) is 0 Å². The Morgan fingerprint density at radius 1 is 1.19 bits per heavy atom. The summed E-state index contributed by atoms with van der Waals surface area (Å²) in [5, 5.41) is 3.15. The van der Waals surface area contributed by atoms with Crippen molar-refractivity contribution >= 4 is 28.8 Å². The van der Waals surface area contributed by atoms with E-state index in [2.05, 4.69) is 22.1 Å². The van der Waals surface area contributed by atoms with E-state index in [0.717, 1.165) is 22.7 Å². The molecule has 0 saturated carbocycles. The van der Waals surface area contributed by atoms with Crippen molar-refractivity contribution in [3.63, 3.8) is 0 Å². The molecule has 2 heterocycles. The van der Waals surface area contributed by atoms with E-state index in [0.29, 0.717) is 19.6 Å². The number of nitrogens with one attached hydrogen (secondary N) is 1. The highest BCUT2D eigenvalue weighted by atomic mass is 16.6. The molecule has 0 radical (unpaired) electrons. The number of benzene rings is 1. The average Bonchev–Trinajstić information content (AvgIpc) is 2.59. The smallest absolute Gasteiger partial charge is 0.410 e. The fraction of sp³-hybridized carbons (Fsp3) is 0.526. The van der Waals surface area contributed by atoms with Gasteiger partial charge in [-0.1, -0.05) is 12.1 Å². The number of amides is 1. The summed E-state index contributed by atoms with van der Waals surface area (Å²) in [6.07, 6.45) is -0.262. The van der Waals surface area contributed by atoms with Gasteiger partial charge in [0.1, 0.15) is 5.60 Å². The zero-order valence-electron chi connectivity index (χ0n) is 16.1. The third-order valence-corrected chi connectivity index (χ3v) is 4.34. The van der Waals surface area contributed by atoms with Crippen LogP contribution in [0, 0.1) is 0 Å². The van der Waals surface area contributed by atoms with E-state index in [-0.39, 0.29) is 12.1 Å². The third-order valence-electron chi connectivity index (χ3n) is 4.34. The highest BCUT2D eigenvalue weighted by Crippen LogP contribution is 2.28. The fourth-order valence-electron chi connectivity index (χ4n) is 3.12. The minimum absolute atomic E-state index is 0.110. The Morgan fingerprint density at radius 2 is 1.85 bits per heavy atom. The van der Waals surface area contributed by atoms with Crippen LogP contribution in [0.25, 0.3) is 11.0 Å². The first-order valence-electron chi connectivity index (χ1n) is 8.97. The summed E-state index contributed by atoms with van der Waals surface area (Å²) < 4.78 is 5.50. The quantitative estimate of drug-likeness (QED) is 0.890. The van der Waals surface area contributed by atoms with E-state index in [9.17, 15) is 4.79 Å². The van der Waals surface area contributed by atoms with E-state index in [4.69, 9.17) is 9.72 Å². The Bertz CT molecular complexity index is 802. The number of ether oxygens (including phenoxy) is 1.